The summed E-state index contributed by atoms with van der Waals surface area (Å²) < 4.78 is 5.02. The quantitative estimate of drug-likeness (QED) is 0.451. The van der Waals surface area contributed by atoms with Crippen molar-refractivity contribution >= 4 is 27.6 Å². The zero-order chi connectivity index (χ0) is 7.40. The molecular formula is C6H10O2S2. The molecule has 0 unspecified atom stereocenters. The molecule has 1 heterocycles. The average Bonchev–Trinajstić information content (AvgIpc) is 1.88. The van der Waals surface area contributed by atoms with Gasteiger partial charge in [-0.05, 0) is 6.42 Å². The van der Waals surface area contributed by atoms with Crippen LogP contribution in [-0.2, 0) is 9.53 Å². The number of ether oxygens (including phenoxy) is 1. The Labute approximate surface area is 68.5 Å². The molecule has 0 amide bonds. The molecule has 58 valence electrons. The monoisotopic (exact) mass is 178 g/mol. The second-order valence-corrected chi connectivity index (χ2v) is 4.75. The summed E-state index contributed by atoms with van der Waals surface area (Å²) in [5, 5.41) is 0. The van der Waals surface area contributed by atoms with Gasteiger partial charge in [-0.2, -0.15) is 0 Å². The predicted molar refractivity (Wildman–Crippen MR) is 45.1 cm³/mol. The highest BCUT2D eigenvalue weighted by atomic mass is 33.1. The number of hydrogen-bond donors (Lipinski definition) is 0. The zero-order valence-corrected chi connectivity index (χ0v) is 7.46. The highest BCUT2D eigenvalue weighted by Crippen LogP contribution is 2.30. The van der Waals surface area contributed by atoms with E-state index in [0.29, 0.717) is 0 Å². The molecule has 10 heavy (non-hydrogen) atoms. The number of rotatable bonds is 1. The minimum atomic E-state index is -0.155. The first-order valence-electron chi connectivity index (χ1n) is 3.20. The predicted octanol–water partition coefficient (Wildman–Crippen LogP) is 1.70. The minimum Gasteiger partial charge on any atom is -0.462 e. The van der Waals surface area contributed by atoms with E-state index >= 15 is 0 Å². The van der Waals surface area contributed by atoms with Crippen LogP contribution in [0.15, 0.2) is 0 Å². The summed E-state index contributed by atoms with van der Waals surface area (Å²) in [4.78, 5) is 10.5. The lowest BCUT2D eigenvalue weighted by atomic mass is 10.3. The number of hydrogen-bond acceptors (Lipinski definition) is 4. The molecule has 0 aliphatic carbocycles. The van der Waals surface area contributed by atoms with Crippen LogP contribution < -0.4 is 0 Å². The molecule has 0 saturated carbocycles. The molecule has 0 aromatic heterocycles. The van der Waals surface area contributed by atoms with Crippen LogP contribution in [0.25, 0.3) is 0 Å². The van der Waals surface area contributed by atoms with Crippen molar-refractivity contribution in [1.29, 1.82) is 0 Å². The van der Waals surface area contributed by atoms with Crippen LogP contribution in [-0.4, -0.2) is 23.6 Å². The molecule has 1 aliphatic heterocycles. The summed E-state index contributed by atoms with van der Waals surface area (Å²) in [6.07, 6.45) is 1.18. The fraction of sp³-hybridized carbons (Fsp3) is 0.833. The van der Waals surface area contributed by atoms with Crippen molar-refractivity contribution < 1.29 is 9.53 Å². The SMILES string of the molecule is CC(=O)O[C@@H]1CCSSC1. The van der Waals surface area contributed by atoms with E-state index < -0.39 is 0 Å². The van der Waals surface area contributed by atoms with Crippen molar-refractivity contribution in [2.75, 3.05) is 11.5 Å². The summed E-state index contributed by atoms with van der Waals surface area (Å²) >= 11 is 0. The first-order chi connectivity index (χ1) is 4.79. The summed E-state index contributed by atoms with van der Waals surface area (Å²) in [5.74, 6) is 1.89. The smallest absolute Gasteiger partial charge is 0.302 e. The Morgan fingerprint density at radius 1 is 1.60 bits per heavy atom. The highest BCUT2D eigenvalue weighted by Gasteiger charge is 2.16. The van der Waals surface area contributed by atoms with Crippen molar-refractivity contribution in [2.45, 2.75) is 19.4 Å². The molecule has 0 N–H and O–H groups in total. The molecule has 0 radical (unpaired) electrons. The largest absolute Gasteiger partial charge is 0.462 e. The van der Waals surface area contributed by atoms with E-state index in [0.717, 1.165) is 17.9 Å². The first-order valence-corrected chi connectivity index (χ1v) is 5.69. The van der Waals surface area contributed by atoms with E-state index in [1.807, 2.05) is 10.8 Å². The van der Waals surface area contributed by atoms with Crippen LogP contribution in [0.1, 0.15) is 13.3 Å². The first kappa shape index (κ1) is 8.27. The normalized spacial score (nSPS) is 25.9. The third-order valence-electron chi connectivity index (χ3n) is 1.19. The molecule has 2 nitrogen and oxygen atoms in total. The molecule has 0 spiro atoms. The van der Waals surface area contributed by atoms with Gasteiger partial charge in [0.15, 0.2) is 0 Å². The minimum absolute atomic E-state index is 0.155. The van der Waals surface area contributed by atoms with Gasteiger partial charge in [-0.15, -0.1) is 0 Å². The Morgan fingerprint density at radius 3 is 2.90 bits per heavy atom. The van der Waals surface area contributed by atoms with E-state index in [1.165, 1.54) is 6.92 Å². The molecular weight excluding hydrogens is 168 g/mol. The zero-order valence-electron chi connectivity index (χ0n) is 5.83. The molecule has 0 aromatic carbocycles. The number of carbonyl (C=O) groups is 1. The maximum Gasteiger partial charge on any atom is 0.302 e. The fourth-order valence-electron chi connectivity index (χ4n) is 0.773. The van der Waals surface area contributed by atoms with Gasteiger partial charge in [0.05, 0.1) is 0 Å². The third kappa shape index (κ3) is 2.84. The molecule has 1 fully saturated rings. The van der Waals surface area contributed by atoms with Crippen molar-refractivity contribution in [1.82, 2.24) is 0 Å². The van der Waals surface area contributed by atoms with Gasteiger partial charge in [-0.3, -0.25) is 4.79 Å². The summed E-state index contributed by atoms with van der Waals surface area (Å²) in [5.41, 5.74) is 0. The van der Waals surface area contributed by atoms with Crippen LogP contribution in [0.3, 0.4) is 0 Å². The Kier molecular flexibility index (Phi) is 3.42. The van der Waals surface area contributed by atoms with Gasteiger partial charge < -0.3 is 4.74 Å². The Morgan fingerprint density at radius 2 is 2.40 bits per heavy atom. The molecule has 1 atom stereocenters. The van der Waals surface area contributed by atoms with Gasteiger partial charge >= 0.3 is 5.97 Å². The van der Waals surface area contributed by atoms with Crippen molar-refractivity contribution in [2.24, 2.45) is 0 Å². The fourth-order valence-corrected chi connectivity index (χ4v) is 3.12. The van der Waals surface area contributed by atoms with E-state index in [2.05, 4.69) is 0 Å². The van der Waals surface area contributed by atoms with Crippen LogP contribution in [0.4, 0.5) is 0 Å². The Hall–Kier alpha value is 0.170. The summed E-state index contributed by atoms with van der Waals surface area (Å²) in [7, 11) is 3.64. The molecule has 1 saturated heterocycles. The molecule has 1 aliphatic rings. The van der Waals surface area contributed by atoms with E-state index in [9.17, 15) is 4.79 Å². The lowest BCUT2D eigenvalue weighted by Crippen LogP contribution is -2.21. The van der Waals surface area contributed by atoms with Crippen LogP contribution >= 0.6 is 21.6 Å². The number of esters is 1. The Balaban J connectivity index is 2.19. The van der Waals surface area contributed by atoms with Crippen molar-refractivity contribution in [3.8, 4) is 0 Å². The number of carbonyl (C=O) groups excluding carboxylic acids is 1. The van der Waals surface area contributed by atoms with Gasteiger partial charge in [0.1, 0.15) is 6.10 Å². The van der Waals surface area contributed by atoms with Gasteiger partial charge in [-0.1, -0.05) is 21.6 Å². The van der Waals surface area contributed by atoms with Crippen LogP contribution in [0.5, 0.6) is 0 Å². The van der Waals surface area contributed by atoms with Gasteiger partial charge in [0.25, 0.3) is 0 Å². The average molecular weight is 178 g/mol. The van der Waals surface area contributed by atoms with E-state index in [1.54, 1.807) is 10.8 Å². The van der Waals surface area contributed by atoms with Gasteiger partial charge in [0, 0.05) is 18.4 Å². The van der Waals surface area contributed by atoms with E-state index in [-0.39, 0.29) is 12.1 Å². The molecule has 4 heteroatoms. The lowest BCUT2D eigenvalue weighted by Gasteiger charge is -2.19. The van der Waals surface area contributed by atoms with Gasteiger partial charge in [0.2, 0.25) is 0 Å². The second kappa shape index (κ2) is 4.13. The van der Waals surface area contributed by atoms with Crippen LogP contribution in [0, 0.1) is 0 Å². The van der Waals surface area contributed by atoms with Crippen LogP contribution in [0.2, 0.25) is 0 Å². The van der Waals surface area contributed by atoms with Gasteiger partial charge in [-0.25, -0.2) is 0 Å². The second-order valence-electron chi connectivity index (χ2n) is 2.13. The van der Waals surface area contributed by atoms with E-state index in [4.69, 9.17) is 4.74 Å². The lowest BCUT2D eigenvalue weighted by molar-refractivity contribution is -0.145. The highest BCUT2D eigenvalue weighted by molar-refractivity contribution is 8.76. The molecule has 0 bridgehead atoms. The maximum atomic E-state index is 10.5. The van der Waals surface area contributed by atoms with Crippen molar-refractivity contribution in [3.63, 3.8) is 0 Å². The molecule has 1 rings (SSSR count). The third-order valence-corrected chi connectivity index (χ3v) is 3.68. The molecule has 0 aromatic rings. The Bertz CT molecular complexity index is 121. The maximum absolute atomic E-state index is 10.5. The topological polar surface area (TPSA) is 26.3 Å². The summed E-state index contributed by atoms with van der Waals surface area (Å²) in [6, 6.07) is 0. The van der Waals surface area contributed by atoms with Crippen molar-refractivity contribution in [3.05, 3.63) is 0 Å². The standard InChI is InChI=1S/C6H10O2S2/c1-5(7)8-6-2-3-9-10-4-6/h6H,2-4H2,1H3/t6-/m1/s1. The summed E-state index contributed by atoms with van der Waals surface area (Å²) in [6.45, 7) is 1.46.